The molecule has 0 aliphatic rings. The first-order valence-electron chi connectivity index (χ1n) is 17.1. The van der Waals surface area contributed by atoms with Crippen LogP contribution in [0.15, 0.2) is 42.5 Å². The molecule has 2 unspecified atom stereocenters. The van der Waals surface area contributed by atoms with E-state index >= 15 is 0 Å². The van der Waals surface area contributed by atoms with Gasteiger partial charge in [0.05, 0.1) is 19.8 Å². The summed E-state index contributed by atoms with van der Waals surface area (Å²) >= 11 is 0. The largest absolute Gasteiger partial charge is 0.491 e. The molecular formula is C34H33F21O7. The second kappa shape index (κ2) is 19.1. The third-order valence-corrected chi connectivity index (χ3v) is 8.64. The zero-order valence-electron chi connectivity index (χ0n) is 30.7. The molecule has 0 heterocycles. The maximum atomic E-state index is 14.3. The molecule has 62 heavy (non-hydrogen) atoms. The van der Waals surface area contributed by atoms with E-state index in [1.54, 1.807) is 12.1 Å². The first-order valence-corrected chi connectivity index (χ1v) is 17.1. The van der Waals surface area contributed by atoms with Crippen molar-refractivity contribution < 1.29 is 127 Å². The predicted octanol–water partition coefficient (Wildman–Crippen LogP) is 9.43. The van der Waals surface area contributed by atoms with Gasteiger partial charge in [0.2, 0.25) is 0 Å². The second-order valence-electron chi connectivity index (χ2n) is 13.3. The quantitative estimate of drug-likeness (QED) is 0.0581. The van der Waals surface area contributed by atoms with Crippen LogP contribution in [0.5, 0.6) is 17.2 Å². The van der Waals surface area contributed by atoms with E-state index in [1.165, 1.54) is 30.3 Å². The fourth-order valence-electron chi connectivity index (χ4n) is 4.88. The number of unbranched alkanes of at least 4 members (excludes halogenated alkanes) is 3. The smallest absolute Gasteiger partial charge is 0.460 e. The maximum absolute atomic E-state index is 14.3. The van der Waals surface area contributed by atoms with E-state index in [9.17, 15) is 102 Å². The summed E-state index contributed by atoms with van der Waals surface area (Å²) in [4.78, 5) is 0. The standard InChI is InChI=1S/C34H33F21O7/c35-25(36,26(37,38)27(39,40)28(41,42)29(43,44)30(45,46)31(47,48)32(49,50)33(51,52)34(53,54)55)11-3-1-2-4-12-60-24-13-19(7-10-23(24)62-17-21(59)15-57)18-5-8-22(9-6-18)61-16-20(58)14-56/h5-10,13,20-21,56-59H,1-4,11-12,14-17H2. The predicted molar refractivity (Wildman–Crippen MR) is 168 cm³/mol. The Hall–Kier alpha value is -3.79. The SMILES string of the molecule is OCC(O)COc1ccc(-c2ccc(OCC(O)CO)c(OCCCCCCC(F)(F)C(F)(F)C(F)(F)C(F)(F)C(F)(F)C(F)(F)C(F)(F)C(F)(F)C(F)(F)C(F)(F)F)c2)cc1. The molecule has 0 aromatic heterocycles. The third-order valence-electron chi connectivity index (χ3n) is 8.64. The van der Waals surface area contributed by atoms with Gasteiger partial charge < -0.3 is 34.6 Å². The van der Waals surface area contributed by atoms with E-state index in [2.05, 4.69) is 0 Å². The number of aliphatic hydroxyl groups excluding tert-OH is 4. The molecule has 0 bridgehead atoms. The summed E-state index contributed by atoms with van der Waals surface area (Å²) in [7, 11) is 0. The van der Waals surface area contributed by atoms with Gasteiger partial charge in [0.15, 0.2) is 11.5 Å². The highest BCUT2D eigenvalue weighted by Gasteiger charge is 2.97. The van der Waals surface area contributed by atoms with E-state index in [4.69, 9.17) is 24.4 Å². The van der Waals surface area contributed by atoms with Crippen LogP contribution in [-0.4, -0.2) is 125 Å². The summed E-state index contributed by atoms with van der Waals surface area (Å²) in [6, 6.07) is 10.2. The Bertz CT molecular complexity index is 1740. The normalized spacial score (nSPS) is 15.4. The molecule has 28 heteroatoms. The Morgan fingerprint density at radius 1 is 0.419 bits per heavy atom. The molecule has 0 saturated heterocycles. The van der Waals surface area contributed by atoms with Gasteiger partial charge >= 0.3 is 59.5 Å². The highest BCUT2D eigenvalue weighted by molar-refractivity contribution is 5.67. The van der Waals surface area contributed by atoms with Crippen LogP contribution in [0.2, 0.25) is 0 Å². The number of hydrogen-bond acceptors (Lipinski definition) is 7. The lowest BCUT2D eigenvalue weighted by molar-refractivity contribution is -0.474. The number of aliphatic hydroxyl groups is 4. The average Bonchev–Trinajstić information content (AvgIpc) is 3.17. The second-order valence-corrected chi connectivity index (χ2v) is 13.3. The lowest BCUT2D eigenvalue weighted by Crippen LogP contribution is -2.76. The summed E-state index contributed by atoms with van der Waals surface area (Å²) in [5.41, 5.74) is 0.939. The molecule has 4 N–H and O–H groups in total. The van der Waals surface area contributed by atoms with E-state index in [0.29, 0.717) is 11.1 Å². The topological polar surface area (TPSA) is 109 Å². The monoisotopic (exact) mass is 952 g/mol. The van der Waals surface area contributed by atoms with Gasteiger partial charge in [-0.1, -0.05) is 31.0 Å². The molecule has 0 saturated carbocycles. The van der Waals surface area contributed by atoms with Crippen LogP contribution in [-0.2, 0) is 0 Å². The lowest BCUT2D eigenvalue weighted by Gasteiger charge is -2.44. The molecule has 0 aliphatic heterocycles. The number of ether oxygens (including phenoxy) is 3. The lowest BCUT2D eigenvalue weighted by atomic mass is 9.85. The first-order chi connectivity index (χ1) is 28.0. The van der Waals surface area contributed by atoms with Crippen LogP contribution in [0.1, 0.15) is 32.1 Å². The molecule has 0 fully saturated rings. The van der Waals surface area contributed by atoms with Crippen LogP contribution in [0.4, 0.5) is 92.2 Å². The van der Waals surface area contributed by atoms with Crippen LogP contribution in [0.3, 0.4) is 0 Å². The third kappa shape index (κ3) is 10.3. The highest BCUT2D eigenvalue weighted by Crippen LogP contribution is 2.66. The molecule has 2 rings (SSSR count). The average molecular weight is 953 g/mol. The zero-order valence-corrected chi connectivity index (χ0v) is 30.7. The van der Waals surface area contributed by atoms with E-state index in [-0.39, 0.29) is 36.7 Å². The van der Waals surface area contributed by atoms with Crippen molar-refractivity contribution in [1.82, 2.24) is 0 Å². The first kappa shape index (κ1) is 54.3. The van der Waals surface area contributed by atoms with E-state index < -0.39 is 117 Å². The van der Waals surface area contributed by atoms with E-state index in [1.807, 2.05) is 0 Å². The van der Waals surface area contributed by atoms with Gasteiger partial charge in [0.1, 0.15) is 31.2 Å². The number of halogens is 21. The summed E-state index contributed by atoms with van der Waals surface area (Å²) in [5.74, 6) is -77.1. The fourth-order valence-corrected chi connectivity index (χ4v) is 4.88. The molecule has 2 aromatic carbocycles. The molecule has 2 atom stereocenters. The Balaban J connectivity index is 2.19. The number of hydrogen-bond donors (Lipinski definition) is 4. The molecule has 0 amide bonds. The molecule has 0 aliphatic carbocycles. The fraction of sp³-hybridized carbons (Fsp3) is 0.647. The van der Waals surface area contributed by atoms with Crippen LogP contribution < -0.4 is 14.2 Å². The zero-order chi connectivity index (χ0) is 48.2. The van der Waals surface area contributed by atoms with Gasteiger partial charge in [-0.15, -0.1) is 0 Å². The summed E-state index contributed by atoms with van der Waals surface area (Å²) in [6.07, 6.45) is -16.0. The minimum atomic E-state index is -9.22. The van der Waals surface area contributed by atoms with Crippen molar-refractivity contribution in [3.63, 3.8) is 0 Å². The van der Waals surface area contributed by atoms with Crippen molar-refractivity contribution in [2.45, 2.75) is 104 Å². The molecule has 358 valence electrons. The molecule has 0 spiro atoms. The van der Waals surface area contributed by atoms with Gasteiger partial charge in [-0.05, 0) is 48.2 Å². The van der Waals surface area contributed by atoms with Crippen molar-refractivity contribution in [1.29, 1.82) is 0 Å². The minimum Gasteiger partial charge on any atom is -0.491 e. The molecular weight excluding hydrogens is 919 g/mol. The Labute approximate surface area is 335 Å². The number of rotatable bonds is 25. The summed E-state index contributed by atoms with van der Waals surface area (Å²) in [5, 5.41) is 36.9. The number of alkyl halides is 21. The van der Waals surface area contributed by atoms with Gasteiger partial charge in [-0.3, -0.25) is 0 Å². The number of benzene rings is 2. The van der Waals surface area contributed by atoms with Crippen LogP contribution in [0.25, 0.3) is 11.1 Å². The van der Waals surface area contributed by atoms with Crippen LogP contribution in [0, 0.1) is 0 Å². The van der Waals surface area contributed by atoms with E-state index in [0.717, 1.165) is 0 Å². The Morgan fingerprint density at radius 3 is 1.27 bits per heavy atom. The van der Waals surface area contributed by atoms with Crippen molar-refractivity contribution in [3.05, 3.63) is 42.5 Å². The maximum Gasteiger partial charge on any atom is 0.460 e. The van der Waals surface area contributed by atoms with Gasteiger partial charge in [-0.25, -0.2) is 0 Å². The summed E-state index contributed by atoms with van der Waals surface area (Å²) in [6.45, 7) is -2.43. The highest BCUT2D eigenvalue weighted by atomic mass is 19.4. The van der Waals surface area contributed by atoms with Crippen molar-refractivity contribution in [3.8, 4) is 28.4 Å². The van der Waals surface area contributed by atoms with Crippen molar-refractivity contribution in [2.24, 2.45) is 0 Å². The molecule has 7 nitrogen and oxygen atoms in total. The van der Waals surface area contributed by atoms with Gasteiger partial charge in [0.25, 0.3) is 0 Å². The van der Waals surface area contributed by atoms with Gasteiger partial charge in [-0.2, -0.15) is 92.2 Å². The molecule has 2 aromatic rings. The minimum absolute atomic E-state index is 0.0567. The van der Waals surface area contributed by atoms with Crippen molar-refractivity contribution in [2.75, 3.05) is 33.0 Å². The summed E-state index contributed by atoms with van der Waals surface area (Å²) < 4.78 is 302. The Morgan fingerprint density at radius 2 is 0.823 bits per heavy atom. The van der Waals surface area contributed by atoms with Crippen LogP contribution >= 0.6 is 0 Å². The van der Waals surface area contributed by atoms with Gasteiger partial charge in [0, 0.05) is 6.42 Å². The van der Waals surface area contributed by atoms with Crippen molar-refractivity contribution >= 4 is 0 Å². The molecule has 0 radical (unpaired) electrons. The Kier molecular flexibility index (Phi) is 16.8.